The number of likely N-dealkylation sites (N-methyl/N-ethyl adjacent to an activating group) is 1. The number of rotatable bonds is 6. The molecule has 0 saturated carbocycles. The Morgan fingerprint density at radius 3 is 2.69 bits per heavy atom. The van der Waals surface area contributed by atoms with E-state index >= 15 is 0 Å². The Bertz CT molecular complexity index is 313. The average Bonchev–Trinajstić information content (AvgIpc) is 2.25. The number of nitrogens with one attached hydrogen (secondary N) is 1. The molecule has 90 valence electrons. The minimum atomic E-state index is 0. The maximum absolute atomic E-state index is 5.60. The first-order chi connectivity index (χ1) is 7.34. The number of ether oxygens (including phenoxy) is 1. The maximum Gasteiger partial charge on any atom is 0.122 e. The van der Waals surface area contributed by atoms with E-state index < -0.39 is 0 Å². The van der Waals surface area contributed by atoms with E-state index in [0.29, 0.717) is 6.61 Å². The van der Waals surface area contributed by atoms with Crippen molar-refractivity contribution in [2.75, 3.05) is 19.7 Å². The molecule has 1 rings (SSSR count). The first kappa shape index (κ1) is 15.0. The minimum absolute atomic E-state index is 0. The molecular weight excluding hydrogens is 222 g/mol. The highest BCUT2D eigenvalue weighted by molar-refractivity contribution is 5.85. The molecule has 1 aromatic carbocycles. The number of hydrogen-bond acceptors (Lipinski definition) is 2. The second kappa shape index (κ2) is 9.25. The molecule has 0 fully saturated rings. The van der Waals surface area contributed by atoms with Crippen molar-refractivity contribution < 1.29 is 4.74 Å². The summed E-state index contributed by atoms with van der Waals surface area (Å²) >= 11 is 0. The van der Waals surface area contributed by atoms with E-state index in [4.69, 9.17) is 4.74 Å². The van der Waals surface area contributed by atoms with E-state index in [1.807, 2.05) is 24.3 Å². The first-order valence-corrected chi connectivity index (χ1v) is 5.38. The van der Waals surface area contributed by atoms with Gasteiger partial charge in [0.05, 0.1) is 0 Å². The van der Waals surface area contributed by atoms with Crippen molar-refractivity contribution in [3.63, 3.8) is 0 Å². The largest absolute Gasteiger partial charge is 0.489 e. The molecule has 1 aromatic rings. The molecule has 0 atom stereocenters. The van der Waals surface area contributed by atoms with E-state index in [-0.39, 0.29) is 12.4 Å². The molecule has 0 bridgehead atoms. The van der Waals surface area contributed by atoms with Gasteiger partial charge in [0.25, 0.3) is 0 Å². The predicted octanol–water partition coefficient (Wildman–Crippen LogP) is 2.96. The number of hydrogen-bond donors (Lipinski definition) is 1. The van der Waals surface area contributed by atoms with Crippen LogP contribution in [0.2, 0.25) is 0 Å². The van der Waals surface area contributed by atoms with Crippen molar-refractivity contribution in [2.24, 2.45) is 0 Å². The van der Waals surface area contributed by atoms with Gasteiger partial charge in [-0.2, -0.15) is 0 Å². The third-order valence-corrected chi connectivity index (χ3v) is 2.11. The Labute approximate surface area is 104 Å². The summed E-state index contributed by atoms with van der Waals surface area (Å²) in [5.41, 5.74) is 1.18. The van der Waals surface area contributed by atoms with E-state index in [2.05, 4.69) is 31.3 Å². The molecule has 2 nitrogen and oxygen atoms in total. The molecule has 0 aliphatic heterocycles. The summed E-state index contributed by atoms with van der Waals surface area (Å²) < 4.78 is 5.60. The van der Waals surface area contributed by atoms with E-state index in [0.717, 1.165) is 18.8 Å². The van der Waals surface area contributed by atoms with Gasteiger partial charge < -0.3 is 10.1 Å². The molecular formula is C13H20ClNO. The molecule has 0 heterocycles. The first-order valence-electron chi connectivity index (χ1n) is 5.38. The van der Waals surface area contributed by atoms with E-state index in [1.54, 1.807) is 0 Å². The smallest absolute Gasteiger partial charge is 0.122 e. The standard InChI is InChI=1S/C13H19NO.ClH/c1-3-14-10-6-7-11-15-13-9-5-4-8-12(13)2;/h4-9,14H,3,10-11H2,1-2H3;1H. The number of aryl methyl sites for hydroxylation is 1. The fourth-order valence-corrected chi connectivity index (χ4v) is 1.24. The van der Waals surface area contributed by atoms with Gasteiger partial charge in [-0.05, 0) is 25.1 Å². The highest BCUT2D eigenvalue weighted by atomic mass is 35.5. The summed E-state index contributed by atoms with van der Waals surface area (Å²) in [7, 11) is 0. The highest BCUT2D eigenvalue weighted by Gasteiger charge is 1.94. The van der Waals surface area contributed by atoms with Gasteiger partial charge in [-0.25, -0.2) is 0 Å². The zero-order chi connectivity index (χ0) is 10.9. The molecule has 1 N–H and O–H groups in total. The van der Waals surface area contributed by atoms with Crippen LogP contribution in [0.25, 0.3) is 0 Å². The van der Waals surface area contributed by atoms with Crippen LogP contribution in [0.5, 0.6) is 5.75 Å². The quantitative estimate of drug-likeness (QED) is 0.611. The fraction of sp³-hybridized carbons (Fsp3) is 0.385. The van der Waals surface area contributed by atoms with Gasteiger partial charge in [-0.3, -0.25) is 0 Å². The zero-order valence-electron chi connectivity index (χ0n) is 9.90. The van der Waals surface area contributed by atoms with Gasteiger partial charge in [-0.1, -0.05) is 37.3 Å². The predicted molar refractivity (Wildman–Crippen MR) is 71.6 cm³/mol. The van der Waals surface area contributed by atoms with Gasteiger partial charge in [0.1, 0.15) is 12.4 Å². The van der Waals surface area contributed by atoms with Crippen LogP contribution < -0.4 is 10.1 Å². The molecule has 0 amide bonds. The summed E-state index contributed by atoms with van der Waals surface area (Å²) in [5, 5.41) is 3.22. The van der Waals surface area contributed by atoms with Gasteiger partial charge in [0, 0.05) is 6.54 Å². The fourth-order valence-electron chi connectivity index (χ4n) is 1.24. The lowest BCUT2D eigenvalue weighted by Gasteiger charge is -2.05. The van der Waals surface area contributed by atoms with Gasteiger partial charge in [-0.15, -0.1) is 12.4 Å². The summed E-state index contributed by atoms with van der Waals surface area (Å²) in [4.78, 5) is 0. The second-order valence-corrected chi connectivity index (χ2v) is 3.36. The Balaban J connectivity index is 0.00000225. The summed E-state index contributed by atoms with van der Waals surface area (Å²) in [6, 6.07) is 8.05. The van der Waals surface area contributed by atoms with Gasteiger partial charge in [0.15, 0.2) is 0 Å². The zero-order valence-corrected chi connectivity index (χ0v) is 10.7. The van der Waals surface area contributed by atoms with Gasteiger partial charge in [0.2, 0.25) is 0 Å². The van der Waals surface area contributed by atoms with Crippen LogP contribution in [0.3, 0.4) is 0 Å². The molecule has 0 spiro atoms. The van der Waals surface area contributed by atoms with Crippen LogP contribution in [0, 0.1) is 6.92 Å². The molecule has 0 aromatic heterocycles. The van der Waals surface area contributed by atoms with Crippen molar-refractivity contribution in [1.82, 2.24) is 5.32 Å². The summed E-state index contributed by atoms with van der Waals surface area (Å²) in [6.45, 7) is 6.70. The maximum atomic E-state index is 5.60. The van der Waals surface area contributed by atoms with Crippen molar-refractivity contribution in [1.29, 1.82) is 0 Å². The van der Waals surface area contributed by atoms with Crippen molar-refractivity contribution in [3.05, 3.63) is 42.0 Å². The lowest BCUT2D eigenvalue weighted by Crippen LogP contribution is -2.11. The SMILES string of the molecule is CCNCC=CCOc1ccccc1C.Cl. The van der Waals surface area contributed by atoms with Crippen LogP contribution in [-0.4, -0.2) is 19.7 Å². The number of para-hydroxylation sites is 1. The van der Waals surface area contributed by atoms with E-state index in [1.165, 1.54) is 5.56 Å². The molecule has 0 unspecified atom stereocenters. The number of halogens is 1. The Kier molecular flexibility index (Phi) is 8.68. The Morgan fingerprint density at radius 1 is 1.25 bits per heavy atom. The third-order valence-electron chi connectivity index (χ3n) is 2.11. The van der Waals surface area contributed by atoms with Crippen LogP contribution in [0.15, 0.2) is 36.4 Å². The van der Waals surface area contributed by atoms with Crippen LogP contribution in [0.4, 0.5) is 0 Å². The molecule has 0 aliphatic carbocycles. The molecule has 3 heteroatoms. The average molecular weight is 242 g/mol. The van der Waals surface area contributed by atoms with E-state index in [9.17, 15) is 0 Å². The molecule has 0 saturated heterocycles. The van der Waals surface area contributed by atoms with Crippen molar-refractivity contribution in [3.8, 4) is 5.75 Å². The second-order valence-electron chi connectivity index (χ2n) is 3.36. The van der Waals surface area contributed by atoms with Crippen LogP contribution in [0.1, 0.15) is 12.5 Å². The Hall–Kier alpha value is -0.990. The summed E-state index contributed by atoms with van der Waals surface area (Å²) in [5.74, 6) is 0.964. The van der Waals surface area contributed by atoms with Crippen molar-refractivity contribution >= 4 is 12.4 Å². The number of benzene rings is 1. The minimum Gasteiger partial charge on any atom is -0.489 e. The molecule has 0 radical (unpaired) electrons. The topological polar surface area (TPSA) is 21.3 Å². The Morgan fingerprint density at radius 2 is 2.00 bits per heavy atom. The monoisotopic (exact) mass is 241 g/mol. The van der Waals surface area contributed by atoms with Gasteiger partial charge >= 0.3 is 0 Å². The van der Waals surface area contributed by atoms with Crippen molar-refractivity contribution in [2.45, 2.75) is 13.8 Å². The third kappa shape index (κ3) is 5.79. The lowest BCUT2D eigenvalue weighted by molar-refractivity contribution is 0.360. The highest BCUT2D eigenvalue weighted by Crippen LogP contribution is 2.15. The summed E-state index contributed by atoms with van der Waals surface area (Å²) in [6.07, 6.45) is 4.12. The molecule has 0 aliphatic rings. The normalized spacial score (nSPS) is 10.1. The van der Waals surface area contributed by atoms with Crippen LogP contribution >= 0.6 is 12.4 Å². The van der Waals surface area contributed by atoms with Crippen LogP contribution in [-0.2, 0) is 0 Å². The molecule has 16 heavy (non-hydrogen) atoms. The lowest BCUT2D eigenvalue weighted by atomic mass is 10.2.